The van der Waals surface area contributed by atoms with Crippen molar-refractivity contribution in [1.82, 2.24) is 10.6 Å². The number of carbonyl (C=O) groups excluding carboxylic acids is 2. The van der Waals surface area contributed by atoms with Gasteiger partial charge in [0.05, 0.1) is 11.6 Å². The Bertz CT molecular complexity index is 867. The van der Waals surface area contributed by atoms with E-state index in [1.165, 1.54) is 0 Å². The number of hydrogen-bond acceptors (Lipinski definition) is 4. The number of urea groups is 1. The monoisotopic (exact) mass is 386 g/mol. The molecule has 0 saturated carbocycles. The van der Waals surface area contributed by atoms with E-state index in [2.05, 4.69) is 10.6 Å². The molecule has 0 bridgehead atoms. The molecular weight excluding hydrogens is 368 g/mol. The van der Waals surface area contributed by atoms with E-state index in [9.17, 15) is 9.59 Å². The summed E-state index contributed by atoms with van der Waals surface area (Å²) >= 11 is 6.25. The summed E-state index contributed by atoms with van der Waals surface area (Å²) in [4.78, 5) is 24.5. The predicted octanol–water partition coefficient (Wildman–Crippen LogP) is 3.59. The van der Waals surface area contributed by atoms with Crippen molar-refractivity contribution in [3.05, 3.63) is 76.5 Å². The fraction of sp³-hybridized carbons (Fsp3) is 0.200. The summed E-state index contributed by atoms with van der Waals surface area (Å²) in [6.45, 7) is 1.95. The first-order chi connectivity index (χ1) is 13.1. The van der Waals surface area contributed by atoms with Gasteiger partial charge in [-0.1, -0.05) is 48.0 Å². The van der Waals surface area contributed by atoms with E-state index < -0.39 is 18.0 Å². The van der Waals surface area contributed by atoms with Gasteiger partial charge in [-0.15, -0.1) is 0 Å². The van der Waals surface area contributed by atoms with Gasteiger partial charge in [0, 0.05) is 10.7 Å². The highest BCUT2D eigenvalue weighted by Gasteiger charge is 2.33. The topological polar surface area (TPSA) is 76.7 Å². The van der Waals surface area contributed by atoms with Gasteiger partial charge in [-0.25, -0.2) is 9.59 Å². The summed E-state index contributed by atoms with van der Waals surface area (Å²) in [6, 6.07) is 15.2. The Kier molecular flexibility index (Phi) is 5.98. The minimum Gasteiger partial charge on any atom is -0.490 e. The second kappa shape index (κ2) is 8.60. The molecule has 0 aromatic heterocycles. The van der Waals surface area contributed by atoms with E-state index in [0.717, 1.165) is 0 Å². The van der Waals surface area contributed by atoms with Crippen molar-refractivity contribution in [3.8, 4) is 5.75 Å². The highest BCUT2D eigenvalue weighted by Crippen LogP contribution is 2.31. The second-order valence-corrected chi connectivity index (χ2v) is 6.30. The normalized spacial score (nSPS) is 16.4. The van der Waals surface area contributed by atoms with Gasteiger partial charge in [0.15, 0.2) is 0 Å². The maximum Gasteiger partial charge on any atom is 0.338 e. The quantitative estimate of drug-likeness (QED) is 0.587. The van der Waals surface area contributed by atoms with Crippen LogP contribution in [0.2, 0.25) is 5.02 Å². The molecule has 2 aromatic carbocycles. The lowest BCUT2D eigenvalue weighted by Gasteiger charge is -2.28. The van der Waals surface area contributed by atoms with Crippen LogP contribution in [0.15, 0.2) is 65.9 Å². The first kappa shape index (κ1) is 18.8. The van der Waals surface area contributed by atoms with E-state index in [1.54, 1.807) is 31.2 Å². The Morgan fingerprint density at radius 1 is 1.07 bits per heavy atom. The van der Waals surface area contributed by atoms with Crippen LogP contribution in [0.3, 0.4) is 0 Å². The van der Waals surface area contributed by atoms with E-state index in [0.29, 0.717) is 27.6 Å². The highest BCUT2D eigenvalue weighted by molar-refractivity contribution is 6.31. The van der Waals surface area contributed by atoms with E-state index in [1.807, 2.05) is 30.3 Å². The van der Waals surface area contributed by atoms with Gasteiger partial charge in [0.25, 0.3) is 0 Å². The lowest BCUT2D eigenvalue weighted by Crippen LogP contribution is -2.45. The second-order valence-electron chi connectivity index (χ2n) is 5.89. The molecule has 0 saturated heterocycles. The number of para-hydroxylation sites is 1. The average molecular weight is 387 g/mol. The standard InChI is InChI=1S/C20H19ClN2O4/c1-13-17(19(24)27-12-11-26-14-7-3-2-4-8-14)18(23-20(25)22-13)15-9-5-6-10-16(15)21/h2-10,18H,11-12H2,1H3,(H2,22,23,25)/t18-/m1/s1. The van der Waals surface area contributed by atoms with Gasteiger partial charge in [0.2, 0.25) is 0 Å². The van der Waals surface area contributed by atoms with Crippen LogP contribution in [0.1, 0.15) is 18.5 Å². The molecule has 1 atom stereocenters. The number of hydrogen-bond donors (Lipinski definition) is 2. The van der Waals surface area contributed by atoms with E-state index in [4.69, 9.17) is 21.1 Å². The summed E-state index contributed by atoms with van der Waals surface area (Å²) in [7, 11) is 0. The number of amides is 2. The first-order valence-electron chi connectivity index (χ1n) is 8.44. The van der Waals surface area contributed by atoms with Crippen LogP contribution in [0.5, 0.6) is 5.75 Å². The van der Waals surface area contributed by atoms with Crippen molar-refractivity contribution in [2.24, 2.45) is 0 Å². The van der Waals surface area contributed by atoms with Crippen LogP contribution in [-0.4, -0.2) is 25.2 Å². The highest BCUT2D eigenvalue weighted by atomic mass is 35.5. The lowest BCUT2D eigenvalue weighted by atomic mass is 9.95. The minimum absolute atomic E-state index is 0.0771. The fourth-order valence-electron chi connectivity index (χ4n) is 2.80. The largest absolute Gasteiger partial charge is 0.490 e. The van der Waals surface area contributed by atoms with E-state index >= 15 is 0 Å². The molecule has 2 amide bonds. The zero-order chi connectivity index (χ0) is 19.2. The third kappa shape index (κ3) is 4.60. The number of nitrogens with one attached hydrogen (secondary N) is 2. The third-order valence-corrected chi connectivity index (χ3v) is 4.38. The smallest absolute Gasteiger partial charge is 0.338 e. The minimum atomic E-state index is -0.685. The van der Waals surface area contributed by atoms with Crippen LogP contribution < -0.4 is 15.4 Å². The van der Waals surface area contributed by atoms with Gasteiger partial charge < -0.3 is 20.1 Å². The Morgan fingerprint density at radius 2 is 1.78 bits per heavy atom. The zero-order valence-electron chi connectivity index (χ0n) is 14.7. The number of rotatable bonds is 6. The van der Waals surface area contributed by atoms with Gasteiger partial charge >= 0.3 is 12.0 Å². The Morgan fingerprint density at radius 3 is 2.52 bits per heavy atom. The fourth-order valence-corrected chi connectivity index (χ4v) is 3.04. The van der Waals surface area contributed by atoms with Crippen molar-refractivity contribution < 1.29 is 19.1 Å². The molecule has 0 spiro atoms. The third-order valence-electron chi connectivity index (χ3n) is 4.03. The van der Waals surface area contributed by atoms with Crippen molar-refractivity contribution >= 4 is 23.6 Å². The molecule has 6 nitrogen and oxygen atoms in total. The van der Waals surface area contributed by atoms with Crippen molar-refractivity contribution in [2.75, 3.05) is 13.2 Å². The number of benzene rings is 2. The number of carbonyl (C=O) groups is 2. The number of esters is 1. The molecule has 27 heavy (non-hydrogen) atoms. The Balaban J connectivity index is 1.69. The lowest BCUT2D eigenvalue weighted by molar-refractivity contribution is -0.140. The molecule has 2 aromatic rings. The molecule has 1 aliphatic rings. The summed E-state index contributed by atoms with van der Waals surface area (Å²) < 4.78 is 10.9. The van der Waals surface area contributed by atoms with Gasteiger partial charge in [-0.2, -0.15) is 0 Å². The molecule has 0 radical (unpaired) electrons. The summed E-state index contributed by atoms with van der Waals surface area (Å²) in [6.07, 6.45) is 0. The molecular formula is C20H19ClN2O4. The van der Waals surface area contributed by atoms with Crippen LogP contribution in [0.25, 0.3) is 0 Å². The van der Waals surface area contributed by atoms with Crippen LogP contribution in [0.4, 0.5) is 4.79 Å². The molecule has 7 heteroatoms. The Hall–Kier alpha value is -2.99. The molecule has 0 fully saturated rings. The number of ether oxygens (including phenoxy) is 2. The molecule has 140 valence electrons. The summed E-state index contributed by atoms with van der Waals surface area (Å²) in [5.41, 5.74) is 1.36. The molecule has 1 heterocycles. The maximum atomic E-state index is 12.7. The van der Waals surface area contributed by atoms with Crippen molar-refractivity contribution in [2.45, 2.75) is 13.0 Å². The predicted molar refractivity (Wildman–Crippen MR) is 101 cm³/mol. The summed E-state index contributed by atoms with van der Waals surface area (Å²) in [5.74, 6) is 0.158. The summed E-state index contributed by atoms with van der Waals surface area (Å²) in [5, 5.41) is 5.78. The first-order valence-corrected chi connectivity index (χ1v) is 8.81. The maximum absolute atomic E-state index is 12.7. The molecule has 3 rings (SSSR count). The molecule has 2 N–H and O–H groups in total. The van der Waals surface area contributed by atoms with Crippen LogP contribution in [0, 0.1) is 0 Å². The van der Waals surface area contributed by atoms with E-state index in [-0.39, 0.29) is 13.2 Å². The van der Waals surface area contributed by atoms with Crippen LogP contribution >= 0.6 is 11.6 Å². The molecule has 0 unspecified atom stereocenters. The average Bonchev–Trinajstić information content (AvgIpc) is 2.65. The van der Waals surface area contributed by atoms with Crippen molar-refractivity contribution in [3.63, 3.8) is 0 Å². The molecule has 1 aliphatic heterocycles. The van der Waals surface area contributed by atoms with Gasteiger partial charge in [-0.05, 0) is 30.7 Å². The van der Waals surface area contributed by atoms with Gasteiger partial charge in [0.1, 0.15) is 19.0 Å². The zero-order valence-corrected chi connectivity index (χ0v) is 15.5. The number of allylic oxidation sites excluding steroid dienone is 1. The number of halogens is 1. The Labute approximate surface area is 162 Å². The van der Waals surface area contributed by atoms with Crippen LogP contribution in [-0.2, 0) is 9.53 Å². The van der Waals surface area contributed by atoms with Gasteiger partial charge in [-0.3, -0.25) is 0 Å². The van der Waals surface area contributed by atoms with Crippen molar-refractivity contribution in [1.29, 1.82) is 0 Å². The molecule has 0 aliphatic carbocycles. The SMILES string of the molecule is CC1=C(C(=O)OCCOc2ccccc2)[C@@H](c2ccccc2Cl)NC(=O)N1.